The largest absolute Gasteiger partial charge is 0.379 e. The van der Waals surface area contributed by atoms with Gasteiger partial charge >= 0.3 is 0 Å². The van der Waals surface area contributed by atoms with Gasteiger partial charge in [-0.1, -0.05) is 0 Å². The average Bonchev–Trinajstić information content (AvgIpc) is 2.74. The van der Waals surface area contributed by atoms with Crippen molar-refractivity contribution in [2.45, 2.75) is 13.5 Å². The van der Waals surface area contributed by atoms with Crippen molar-refractivity contribution in [3.63, 3.8) is 0 Å². The first-order chi connectivity index (χ1) is 8.08. The van der Waals surface area contributed by atoms with Crippen LogP contribution in [0.15, 0.2) is 6.20 Å². The van der Waals surface area contributed by atoms with Gasteiger partial charge in [-0.3, -0.25) is 0 Å². The highest BCUT2D eigenvalue weighted by Crippen LogP contribution is 2.12. The SMILES string of the molecule is Cc1ncc(CNS(=O)(=O)N2CCOCC2)s1. The van der Waals surface area contributed by atoms with E-state index in [-0.39, 0.29) is 0 Å². The lowest BCUT2D eigenvalue weighted by atomic mass is 10.5. The predicted molar refractivity (Wildman–Crippen MR) is 65.0 cm³/mol. The Kier molecular flexibility index (Phi) is 4.10. The lowest BCUT2D eigenvalue weighted by molar-refractivity contribution is 0.0725. The van der Waals surface area contributed by atoms with Crippen LogP contribution in [0.3, 0.4) is 0 Å². The summed E-state index contributed by atoms with van der Waals surface area (Å²) in [5, 5.41) is 0.936. The number of morpholine rings is 1. The van der Waals surface area contributed by atoms with E-state index in [9.17, 15) is 8.42 Å². The molecule has 8 heteroatoms. The topological polar surface area (TPSA) is 71.5 Å². The molecule has 2 heterocycles. The lowest BCUT2D eigenvalue weighted by Gasteiger charge is -2.25. The lowest BCUT2D eigenvalue weighted by Crippen LogP contribution is -2.46. The molecule has 0 aromatic carbocycles. The van der Waals surface area contributed by atoms with Gasteiger partial charge in [0.2, 0.25) is 0 Å². The van der Waals surface area contributed by atoms with Crippen LogP contribution in [0.1, 0.15) is 9.88 Å². The van der Waals surface area contributed by atoms with Crippen LogP contribution in [0.4, 0.5) is 0 Å². The quantitative estimate of drug-likeness (QED) is 0.848. The van der Waals surface area contributed by atoms with Crippen molar-refractivity contribution in [3.05, 3.63) is 16.1 Å². The number of ether oxygens (including phenoxy) is 1. The van der Waals surface area contributed by atoms with Crippen LogP contribution in [0.5, 0.6) is 0 Å². The first-order valence-corrected chi connectivity index (χ1v) is 7.57. The predicted octanol–water partition coefficient (Wildman–Crippen LogP) is 0.118. The van der Waals surface area contributed by atoms with E-state index in [2.05, 4.69) is 9.71 Å². The van der Waals surface area contributed by atoms with Gasteiger partial charge in [0.15, 0.2) is 0 Å². The van der Waals surface area contributed by atoms with Gasteiger partial charge in [0.05, 0.1) is 18.2 Å². The molecule has 1 saturated heterocycles. The second-order valence-electron chi connectivity index (χ2n) is 3.68. The van der Waals surface area contributed by atoms with Gasteiger partial charge in [0.25, 0.3) is 10.2 Å². The van der Waals surface area contributed by atoms with Gasteiger partial charge in [0.1, 0.15) is 0 Å². The van der Waals surface area contributed by atoms with Crippen molar-refractivity contribution < 1.29 is 13.2 Å². The number of aryl methyl sites for hydroxylation is 1. The number of hydrogen-bond acceptors (Lipinski definition) is 5. The Morgan fingerprint density at radius 1 is 1.53 bits per heavy atom. The highest BCUT2D eigenvalue weighted by molar-refractivity contribution is 7.87. The van der Waals surface area contributed by atoms with E-state index in [0.29, 0.717) is 32.8 Å². The molecule has 0 atom stereocenters. The van der Waals surface area contributed by atoms with Gasteiger partial charge in [-0.15, -0.1) is 11.3 Å². The summed E-state index contributed by atoms with van der Waals surface area (Å²) >= 11 is 1.49. The summed E-state index contributed by atoms with van der Waals surface area (Å²) in [6, 6.07) is 0. The Morgan fingerprint density at radius 2 is 2.24 bits per heavy atom. The van der Waals surface area contributed by atoms with Crippen LogP contribution in [0, 0.1) is 6.92 Å². The van der Waals surface area contributed by atoms with E-state index in [0.717, 1.165) is 9.88 Å². The zero-order valence-electron chi connectivity index (χ0n) is 9.55. The molecule has 1 aromatic heterocycles. The molecule has 2 rings (SSSR count). The summed E-state index contributed by atoms with van der Waals surface area (Å²) in [6.07, 6.45) is 1.70. The Labute approximate surface area is 105 Å². The molecule has 96 valence electrons. The number of rotatable bonds is 4. The minimum absolute atomic E-state index is 0.297. The van der Waals surface area contributed by atoms with Gasteiger partial charge in [-0.25, -0.2) is 4.98 Å². The zero-order valence-corrected chi connectivity index (χ0v) is 11.2. The molecular formula is C9H15N3O3S2. The average molecular weight is 277 g/mol. The number of aromatic nitrogens is 1. The van der Waals surface area contributed by atoms with E-state index in [4.69, 9.17) is 4.74 Å². The third-order valence-corrected chi connectivity index (χ3v) is 4.87. The van der Waals surface area contributed by atoms with Gasteiger partial charge in [0, 0.05) is 30.7 Å². The first kappa shape index (κ1) is 12.9. The molecule has 1 aromatic rings. The molecule has 6 nitrogen and oxygen atoms in total. The van der Waals surface area contributed by atoms with Gasteiger partial charge in [-0.2, -0.15) is 17.4 Å². The van der Waals surface area contributed by atoms with Gasteiger partial charge in [-0.05, 0) is 6.92 Å². The van der Waals surface area contributed by atoms with E-state index < -0.39 is 10.2 Å². The molecular weight excluding hydrogens is 262 g/mol. The third kappa shape index (κ3) is 3.46. The molecule has 0 spiro atoms. The van der Waals surface area contributed by atoms with Crippen LogP contribution in [-0.2, 0) is 21.5 Å². The molecule has 0 aliphatic carbocycles. The molecule has 1 aliphatic rings. The molecule has 1 aliphatic heterocycles. The second kappa shape index (κ2) is 5.40. The number of nitrogens with one attached hydrogen (secondary N) is 1. The summed E-state index contributed by atoms with van der Waals surface area (Å²) in [5.74, 6) is 0. The maximum absolute atomic E-state index is 11.9. The zero-order chi connectivity index (χ0) is 12.3. The van der Waals surface area contributed by atoms with Crippen molar-refractivity contribution in [1.82, 2.24) is 14.0 Å². The van der Waals surface area contributed by atoms with E-state index in [1.807, 2.05) is 6.92 Å². The fraction of sp³-hybridized carbons (Fsp3) is 0.667. The van der Waals surface area contributed by atoms with E-state index in [1.165, 1.54) is 15.6 Å². The number of thiazole rings is 1. The summed E-state index contributed by atoms with van der Waals surface area (Å²) < 4.78 is 32.9. The Morgan fingerprint density at radius 3 is 2.82 bits per heavy atom. The van der Waals surface area contributed by atoms with Crippen molar-refractivity contribution in [2.24, 2.45) is 0 Å². The summed E-state index contributed by atoms with van der Waals surface area (Å²) in [7, 11) is -3.39. The summed E-state index contributed by atoms with van der Waals surface area (Å²) in [4.78, 5) is 5.00. The molecule has 17 heavy (non-hydrogen) atoms. The third-order valence-electron chi connectivity index (χ3n) is 2.41. The van der Waals surface area contributed by atoms with Crippen molar-refractivity contribution in [2.75, 3.05) is 26.3 Å². The highest BCUT2D eigenvalue weighted by atomic mass is 32.2. The molecule has 0 radical (unpaired) electrons. The maximum atomic E-state index is 11.9. The fourth-order valence-electron chi connectivity index (χ4n) is 1.53. The molecule has 0 unspecified atom stereocenters. The Bertz CT molecular complexity index is 466. The van der Waals surface area contributed by atoms with Crippen LogP contribution in [0.25, 0.3) is 0 Å². The Hall–Kier alpha value is -0.540. The smallest absolute Gasteiger partial charge is 0.279 e. The maximum Gasteiger partial charge on any atom is 0.279 e. The molecule has 1 N–H and O–H groups in total. The number of nitrogens with zero attached hydrogens (tertiary/aromatic N) is 2. The highest BCUT2D eigenvalue weighted by Gasteiger charge is 2.23. The van der Waals surface area contributed by atoms with Crippen LogP contribution in [-0.4, -0.2) is 44.0 Å². The van der Waals surface area contributed by atoms with Crippen LogP contribution < -0.4 is 4.72 Å². The normalized spacial score (nSPS) is 18.4. The summed E-state index contributed by atoms with van der Waals surface area (Å²) in [6.45, 7) is 3.94. The standard InChI is InChI=1S/C9H15N3O3S2/c1-8-10-6-9(16-8)7-11-17(13,14)12-2-4-15-5-3-12/h6,11H,2-5,7H2,1H3. The fourth-order valence-corrected chi connectivity index (χ4v) is 3.50. The van der Waals surface area contributed by atoms with E-state index >= 15 is 0 Å². The molecule has 0 bridgehead atoms. The van der Waals surface area contributed by atoms with Crippen molar-refractivity contribution in [1.29, 1.82) is 0 Å². The molecule has 0 amide bonds. The minimum atomic E-state index is -3.39. The minimum Gasteiger partial charge on any atom is -0.379 e. The number of hydrogen-bond donors (Lipinski definition) is 1. The summed E-state index contributed by atoms with van der Waals surface area (Å²) in [5.41, 5.74) is 0. The van der Waals surface area contributed by atoms with Gasteiger partial charge < -0.3 is 4.74 Å². The Balaban J connectivity index is 1.92. The second-order valence-corrected chi connectivity index (χ2v) is 6.76. The van der Waals surface area contributed by atoms with E-state index in [1.54, 1.807) is 6.20 Å². The molecule has 1 fully saturated rings. The monoisotopic (exact) mass is 277 g/mol. The first-order valence-electron chi connectivity index (χ1n) is 5.32. The molecule has 0 saturated carbocycles. The van der Waals surface area contributed by atoms with Crippen LogP contribution >= 0.6 is 11.3 Å². The van der Waals surface area contributed by atoms with Crippen LogP contribution in [0.2, 0.25) is 0 Å². The van der Waals surface area contributed by atoms with Crippen molar-refractivity contribution in [3.8, 4) is 0 Å². The van der Waals surface area contributed by atoms with Crippen molar-refractivity contribution >= 4 is 21.5 Å².